The molecule has 8 nitrogen and oxygen atoms in total. The number of nitrogens with zero attached hydrogens (tertiary/aromatic N) is 2. The molecule has 0 saturated carbocycles. The van der Waals surface area contributed by atoms with E-state index in [9.17, 15) is 4.79 Å². The lowest BCUT2D eigenvalue weighted by molar-refractivity contribution is -0.113. The van der Waals surface area contributed by atoms with Gasteiger partial charge in [-0.15, -0.1) is 0 Å². The van der Waals surface area contributed by atoms with E-state index in [1.807, 2.05) is 0 Å². The summed E-state index contributed by atoms with van der Waals surface area (Å²) in [4.78, 5) is 15.9. The van der Waals surface area contributed by atoms with Gasteiger partial charge in [0.25, 0.3) is 0 Å². The van der Waals surface area contributed by atoms with Crippen molar-refractivity contribution in [3.63, 3.8) is 0 Å². The van der Waals surface area contributed by atoms with Gasteiger partial charge in [-0.25, -0.2) is 4.98 Å². The fourth-order valence-electron chi connectivity index (χ4n) is 1.75. The van der Waals surface area contributed by atoms with Gasteiger partial charge in [-0.3, -0.25) is 9.89 Å². The van der Waals surface area contributed by atoms with Crippen molar-refractivity contribution in [2.24, 2.45) is 0 Å². The highest BCUT2D eigenvalue weighted by molar-refractivity contribution is 7.99. The summed E-state index contributed by atoms with van der Waals surface area (Å²) in [6.45, 7) is 0. The van der Waals surface area contributed by atoms with Crippen LogP contribution in [0.2, 0.25) is 0 Å². The van der Waals surface area contributed by atoms with Crippen molar-refractivity contribution in [3.8, 4) is 17.2 Å². The number of carbonyl (C=O) groups excluding carboxylic acids is 1. The van der Waals surface area contributed by atoms with Crippen LogP contribution >= 0.6 is 11.8 Å². The van der Waals surface area contributed by atoms with E-state index in [1.54, 1.807) is 12.1 Å². The predicted octanol–water partition coefficient (Wildman–Crippen LogP) is 1.56. The highest BCUT2D eigenvalue weighted by Crippen LogP contribution is 2.39. The molecule has 0 aliphatic carbocycles. The minimum Gasteiger partial charge on any atom is -0.493 e. The maximum absolute atomic E-state index is 12.0. The van der Waals surface area contributed by atoms with Crippen molar-refractivity contribution in [1.82, 2.24) is 15.2 Å². The number of nitrogens with one attached hydrogen (secondary N) is 2. The van der Waals surface area contributed by atoms with Crippen molar-refractivity contribution in [2.45, 2.75) is 5.16 Å². The Balaban J connectivity index is 2.06. The van der Waals surface area contributed by atoms with E-state index >= 15 is 0 Å². The van der Waals surface area contributed by atoms with Gasteiger partial charge in [-0.2, -0.15) is 5.10 Å². The van der Waals surface area contributed by atoms with Crippen LogP contribution in [0.3, 0.4) is 0 Å². The number of aromatic nitrogens is 3. The lowest BCUT2D eigenvalue weighted by Crippen LogP contribution is -2.14. The number of amides is 1. The topological polar surface area (TPSA) is 98.4 Å². The number of ether oxygens (including phenoxy) is 3. The summed E-state index contributed by atoms with van der Waals surface area (Å²) in [6, 6.07) is 3.33. The molecule has 1 heterocycles. The molecule has 2 N–H and O–H groups in total. The van der Waals surface area contributed by atoms with Gasteiger partial charge < -0.3 is 19.5 Å². The molecule has 0 fully saturated rings. The van der Waals surface area contributed by atoms with E-state index in [0.29, 0.717) is 28.1 Å². The number of H-pyrrole nitrogens is 1. The van der Waals surface area contributed by atoms with Crippen LogP contribution in [0.25, 0.3) is 0 Å². The molecule has 0 atom stereocenters. The molecular weight excluding hydrogens is 308 g/mol. The second-order valence-electron chi connectivity index (χ2n) is 4.04. The maximum Gasteiger partial charge on any atom is 0.234 e. The van der Waals surface area contributed by atoms with E-state index < -0.39 is 0 Å². The van der Waals surface area contributed by atoms with Gasteiger partial charge in [0.05, 0.1) is 27.1 Å². The van der Waals surface area contributed by atoms with Crippen LogP contribution in [0.5, 0.6) is 17.2 Å². The fraction of sp³-hybridized carbons (Fsp3) is 0.308. The van der Waals surface area contributed by atoms with Gasteiger partial charge in [0.1, 0.15) is 6.33 Å². The zero-order chi connectivity index (χ0) is 15.9. The molecule has 2 aromatic rings. The molecule has 0 radical (unpaired) electrons. The largest absolute Gasteiger partial charge is 0.493 e. The molecule has 0 aliphatic rings. The second kappa shape index (κ2) is 7.55. The number of methoxy groups -OCH3 is 3. The zero-order valence-corrected chi connectivity index (χ0v) is 13.2. The van der Waals surface area contributed by atoms with E-state index in [4.69, 9.17) is 14.2 Å². The second-order valence-corrected chi connectivity index (χ2v) is 5.01. The smallest absolute Gasteiger partial charge is 0.234 e. The molecule has 2 rings (SSSR count). The summed E-state index contributed by atoms with van der Waals surface area (Å²) in [5, 5.41) is 9.74. The molecule has 1 aromatic heterocycles. The molecule has 1 aromatic carbocycles. The Bertz CT molecular complexity index is 608. The first kappa shape index (κ1) is 16.0. The third kappa shape index (κ3) is 3.82. The highest BCUT2D eigenvalue weighted by atomic mass is 32.2. The van der Waals surface area contributed by atoms with Crippen LogP contribution < -0.4 is 19.5 Å². The number of rotatable bonds is 7. The van der Waals surface area contributed by atoms with Gasteiger partial charge in [0.15, 0.2) is 16.7 Å². The number of hydrogen-bond acceptors (Lipinski definition) is 7. The van der Waals surface area contributed by atoms with Crippen LogP contribution in [-0.4, -0.2) is 48.2 Å². The van der Waals surface area contributed by atoms with Crippen LogP contribution in [-0.2, 0) is 4.79 Å². The number of thioether (sulfide) groups is 1. The van der Waals surface area contributed by atoms with E-state index in [1.165, 1.54) is 39.4 Å². The molecule has 0 spiro atoms. The standard InChI is InChI=1S/C13H16N4O4S/c1-19-9-4-8(5-10(20-2)12(9)21-3)16-11(18)6-22-13-14-7-15-17-13/h4-5,7H,6H2,1-3H3,(H,16,18)(H,14,15,17). The Morgan fingerprint density at radius 2 is 1.91 bits per heavy atom. The molecule has 118 valence electrons. The van der Waals surface area contributed by atoms with Crippen LogP contribution in [0.1, 0.15) is 0 Å². The summed E-state index contributed by atoms with van der Waals surface area (Å²) in [5.74, 6) is 1.43. The fourth-order valence-corrected chi connectivity index (χ4v) is 2.33. The molecular formula is C13H16N4O4S. The quantitative estimate of drug-likeness (QED) is 0.746. The number of aromatic amines is 1. The van der Waals surface area contributed by atoms with Gasteiger partial charge in [0, 0.05) is 17.8 Å². The summed E-state index contributed by atoms with van der Waals surface area (Å²) < 4.78 is 15.7. The molecule has 0 saturated heterocycles. The van der Waals surface area contributed by atoms with Crippen molar-refractivity contribution < 1.29 is 19.0 Å². The average Bonchev–Trinajstić information content (AvgIpc) is 3.05. The lowest BCUT2D eigenvalue weighted by Gasteiger charge is -2.14. The number of anilines is 1. The maximum atomic E-state index is 12.0. The van der Waals surface area contributed by atoms with Gasteiger partial charge in [0.2, 0.25) is 11.7 Å². The zero-order valence-electron chi connectivity index (χ0n) is 12.4. The number of benzene rings is 1. The molecule has 9 heteroatoms. The SMILES string of the molecule is COc1cc(NC(=O)CSc2ncn[nH]2)cc(OC)c1OC. The minimum absolute atomic E-state index is 0.185. The lowest BCUT2D eigenvalue weighted by atomic mass is 10.2. The average molecular weight is 324 g/mol. The summed E-state index contributed by atoms with van der Waals surface area (Å²) in [7, 11) is 4.55. The Hall–Kier alpha value is -2.42. The van der Waals surface area contributed by atoms with Crippen LogP contribution in [0.4, 0.5) is 5.69 Å². The third-order valence-corrected chi connectivity index (χ3v) is 3.56. The Labute approximate surface area is 131 Å². The van der Waals surface area contributed by atoms with E-state index in [0.717, 1.165) is 0 Å². The first-order valence-corrected chi connectivity index (χ1v) is 7.24. The first-order valence-electron chi connectivity index (χ1n) is 6.26. The van der Waals surface area contributed by atoms with Crippen molar-refractivity contribution in [2.75, 3.05) is 32.4 Å². The summed E-state index contributed by atoms with van der Waals surface area (Å²) >= 11 is 1.25. The van der Waals surface area contributed by atoms with Crippen molar-refractivity contribution in [3.05, 3.63) is 18.5 Å². The normalized spacial score (nSPS) is 10.1. The summed E-state index contributed by atoms with van der Waals surface area (Å²) in [6.07, 6.45) is 1.39. The predicted molar refractivity (Wildman–Crippen MR) is 81.8 cm³/mol. The Morgan fingerprint density at radius 3 is 2.41 bits per heavy atom. The molecule has 1 amide bonds. The Kier molecular flexibility index (Phi) is 5.48. The molecule has 22 heavy (non-hydrogen) atoms. The van der Waals surface area contributed by atoms with Crippen molar-refractivity contribution in [1.29, 1.82) is 0 Å². The van der Waals surface area contributed by atoms with Gasteiger partial charge >= 0.3 is 0 Å². The van der Waals surface area contributed by atoms with E-state index in [2.05, 4.69) is 20.5 Å². The Morgan fingerprint density at radius 1 is 1.23 bits per heavy atom. The molecule has 0 aliphatic heterocycles. The van der Waals surface area contributed by atoms with Gasteiger partial charge in [-0.1, -0.05) is 11.8 Å². The third-order valence-electron chi connectivity index (χ3n) is 2.68. The molecule has 0 unspecified atom stereocenters. The number of carbonyl (C=O) groups is 1. The monoisotopic (exact) mass is 324 g/mol. The van der Waals surface area contributed by atoms with Gasteiger partial charge in [-0.05, 0) is 0 Å². The minimum atomic E-state index is -0.185. The summed E-state index contributed by atoms with van der Waals surface area (Å²) in [5.41, 5.74) is 0.553. The number of hydrogen-bond donors (Lipinski definition) is 2. The van der Waals surface area contributed by atoms with E-state index in [-0.39, 0.29) is 11.7 Å². The van der Waals surface area contributed by atoms with Crippen LogP contribution in [0.15, 0.2) is 23.6 Å². The van der Waals surface area contributed by atoms with Crippen LogP contribution in [0, 0.1) is 0 Å². The molecule has 0 bridgehead atoms. The first-order chi connectivity index (χ1) is 10.7. The highest BCUT2D eigenvalue weighted by Gasteiger charge is 2.14. The van der Waals surface area contributed by atoms with Crippen molar-refractivity contribution >= 4 is 23.4 Å².